The van der Waals surface area contributed by atoms with Crippen molar-refractivity contribution in [1.29, 1.82) is 5.26 Å². The van der Waals surface area contributed by atoms with Crippen molar-refractivity contribution < 1.29 is 0 Å². The van der Waals surface area contributed by atoms with E-state index in [1.54, 1.807) is 4.68 Å². The zero-order valence-corrected chi connectivity index (χ0v) is 8.17. The van der Waals surface area contributed by atoms with Gasteiger partial charge in [-0.2, -0.15) is 10.4 Å². The number of nitrogens with zero attached hydrogens (tertiary/aromatic N) is 3. The van der Waals surface area contributed by atoms with E-state index in [2.05, 4.69) is 11.2 Å². The van der Waals surface area contributed by atoms with E-state index in [1.807, 2.05) is 12.4 Å². The van der Waals surface area contributed by atoms with Crippen LogP contribution in [0.25, 0.3) is 0 Å². The number of aromatic nitrogens is 2. The monoisotopic (exact) mass is 197 g/mol. The Morgan fingerprint density at radius 1 is 1.62 bits per heavy atom. The molecule has 0 aliphatic carbocycles. The summed E-state index contributed by atoms with van der Waals surface area (Å²) in [7, 11) is 0. The summed E-state index contributed by atoms with van der Waals surface area (Å²) >= 11 is 5.57. The van der Waals surface area contributed by atoms with Crippen LogP contribution in [-0.4, -0.2) is 15.7 Å². The van der Waals surface area contributed by atoms with Crippen LogP contribution in [0.3, 0.4) is 0 Å². The summed E-state index contributed by atoms with van der Waals surface area (Å²) in [6.45, 7) is 0.678. The molecule has 0 saturated heterocycles. The lowest BCUT2D eigenvalue weighted by molar-refractivity contribution is 0.627. The molecule has 0 saturated carbocycles. The van der Waals surface area contributed by atoms with Crippen LogP contribution >= 0.6 is 11.6 Å². The van der Waals surface area contributed by atoms with Crippen LogP contribution < -0.4 is 0 Å². The first-order valence-electron chi connectivity index (χ1n) is 4.31. The van der Waals surface area contributed by atoms with Crippen molar-refractivity contribution in [2.45, 2.75) is 25.8 Å². The predicted octanol–water partition coefficient (Wildman–Crippen LogP) is 1.97. The second kappa shape index (κ2) is 5.60. The predicted molar refractivity (Wildman–Crippen MR) is 51.5 cm³/mol. The summed E-state index contributed by atoms with van der Waals surface area (Å²) in [5, 5.41) is 12.5. The minimum Gasteiger partial charge on any atom is -0.271 e. The van der Waals surface area contributed by atoms with Gasteiger partial charge in [-0.1, -0.05) is 0 Å². The summed E-state index contributed by atoms with van der Waals surface area (Å²) in [5.74, 6) is 0.684. The molecule has 0 atom stereocenters. The van der Waals surface area contributed by atoms with Gasteiger partial charge in [0.25, 0.3) is 0 Å². The lowest BCUT2D eigenvalue weighted by atomic mass is 10.2. The van der Waals surface area contributed by atoms with Crippen LogP contribution in [0.2, 0.25) is 0 Å². The van der Waals surface area contributed by atoms with Crippen LogP contribution in [-0.2, 0) is 13.0 Å². The lowest BCUT2D eigenvalue weighted by Gasteiger charge is -1.94. The van der Waals surface area contributed by atoms with E-state index in [1.165, 1.54) is 5.56 Å². The average molecular weight is 198 g/mol. The molecule has 0 bridgehead atoms. The Morgan fingerprint density at radius 3 is 3.15 bits per heavy atom. The molecule has 0 amide bonds. The van der Waals surface area contributed by atoms with E-state index in [4.69, 9.17) is 16.9 Å². The SMILES string of the molecule is N#CCCn1cc(CCCCl)cn1. The van der Waals surface area contributed by atoms with Crippen LogP contribution in [0.1, 0.15) is 18.4 Å². The quantitative estimate of drug-likeness (QED) is 0.678. The van der Waals surface area contributed by atoms with Crippen molar-refractivity contribution >= 4 is 11.6 Å². The van der Waals surface area contributed by atoms with Crippen molar-refractivity contribution in [2.75, 3.05) is 5.88 Å². The number of halogens is 1. The zero-order valence-electron chi connectivity index (χ0n) is 7.41. The van der Waals surface area contributed by atoms with Gasteiger partial charge in [0.15, 0.2) is 0 Å². The Balaban J connectivity index is 2.40. The molecule has 4 heteroatoms. The van der Waals surface area contributed by atoms with Crippen LogP contribution in [0.5, 0.6) is 0 Å². The molecular weight excluding hydrogens is 186 g/mol. The largest absolute Gasteiger partial charge is 0.271 e. The first-order valence-corrected chi connectivity index (χ1v) is 4.84. The van der Waals surface area contributed by atoms with Crippen molar-refractivity contribution in [2.24, 2.45) is 0 Å². The van der Waals surface area contributed by atoms with Crippen LogP contribution in [0, 0.1) is 11.3 Å². The third-order valence-electron chi connectivity index (χ3n) is 1.74. The topological polar surface area (TPSA) is 41.6 Å². The third-order valence-corrected chi connectivity index (χ3v) is 2.01. The van der Waals surface area contributed by atoms with Gasteiger partial charge in [0.1, 0.15) is 0 Å². The molecule has 0 aliphatic heterocycles. The number of hydrogen-bond acceptors (Lipinski definition) is 2. The van der Waals surface area contributed by atoms with E-state index in [0.717, 1.165) is 12.8 Å². The highest BCUT2D eigenvalue weighted by Gasteiger charge is 1.97. The number of rotatable bonds is 5. The molecule has 13 heavy (non-hydrogen) atoms. The Hall–Kier alpha value is -1.01. The van der Waals surface area contributed by atoms with E-state index in [-0.39, 0.29) is 0 Å². The smallest absolute Gasteiger partial charge is 0.0641 e. The Labute approximate surface area is 82.9 Å². The van der Waals surface area contributed by atoms with Crippen LogP contribution in [0.15, 0.2) is 12.4 Å². The second-order valence-electron chi connectivity index (χ2n) is 2.81. The van der Waals surface area contributed by atoms with Crippen LogP contribution in [0.4, 0.5) is 0 Å². The second-order valence-corrected chi connectivity index (χ2v) is 3.19. The van der Waals surface area contributed by atoms with Gasteiger partial charge >= 0.3 is 0 Å². The number of aryl methyl sites for hydroxylation is 2. The molecule has 1 aromatic rings. The maximum Gasteiger partial charge on any atom is 0.0641 e. The first-order chi connectivity index (χ1) is 6.36. The third kappa shape index (κ3) is 3.47. The summed E-state index contributed by atoms with van der Waals surface area (Å²) in [6, 6.07) is 2.09. The van der Waals surface area contributed by atoms with E-state index in [0.29, 0.717) is 18.8 Å². The fraction of sp³-hybridized carbons (Fsp3) is 0.556. The maximum atomic E-state index is 8.37. The highest BCUT2D eigenvalue weighted by Crippen LogP contribution is 2.03. The number of hydrogen-bond donors (Lipinski definition) is 0. The molecule has 0 spiro atoms. The Kier molecular flexibility index (Phi) is 4.34. The Morgan fingerprint density at radius 2 is 2.46 bits per heavy atom. The summed E-state index contributed by atoms with van der Waals surface area (Å²) in [4.78, 5) is 0. The summed E-state index contributed by atoms with van der Waals surface area (Å²) < 4.78 is 1.80. The molecule has 1 rings (SSSR count). The minimum atomic E-state index is 0.511. The molecule has 1 heterocycles. The highest BCUT2D eigenvalue weighted by atomic mass is 35.5. The lowest BCUT2D eigenvalue weighted by Crippen LogP contribution is -1.96. The van der Waals surface area contributed by atoms with Gasteiger partial charge in [0, 0.05) is 12.1 Å². The normalized spacial score (nSPS) is 9.85. The molecule has 0 fully saturated rings. The van der Waals surface area contributed by atoms with Gasteiger partial charge in [-0.05, 0) is 18.4 Å². The van der Waals surface area contributed by atoms with Gasteiger partial charge in [-0.3, -0.25) is 4.68 Å². The number of alkyl halides is 1. The summed E-state index contributed by atoms with van der Waals surface area (Å²) in [6.07, 6.45) is 6.27. The van der Waals surface area contributed by atoms with Gasteiger partial charge in [-0.15, -0.1) is 11.6 Å². The van der Waals surface area contributed by atoms with Gasteiger partial charge in [0.05, 0.1) is 25.2 Å². The van der Waals surface area contributed by atoms with Gasteiger partial charge in [-0.25, -0.2) is 0 Å². The number of nitriles is 1. The standard InChI is InChI=1S/C9H12ClN3/c10-4-1-3-9-7-12-13(8-9)6-2-5-11/h7-8H,1-4,6H2. The van der Waals surface area contributed by atoms with Crippen molar-refractivity contribution in [3.05, 3.63) is 18.0 Å². The summed E-state index contributed by atoms with van der Waals surface area (Å²) in [5.41, 5.74) is 1.19. The van der Waals surface area contributed by atoms with E-state index >= 15 is 0 Å². The first kappa shape index (κ1) is 10.1. The fourth-order valence-corrected chi connectivity index (χ4v) is 1.23. The van der Waals surface area contributed by atoms with Crippen molar-refractivity contribution in [3.63, 3.8) is 0 Å². The maximum absolute atomic E-state index is 8.37. The molecule has 70 valence electrons. The van der Waals surface area contributed by atoms with Gasteiger partial charge in [0.2, 0.25) is 0 Å². The van der Waals surface area contributed by atoms with E-state index < -0.39 is 0 Å². The van der Waals surface area contributed by atoms with Crippen molar-refractivity contribution in [1.82, 2.24) is 9.78 Å². The molecule has 0 unspecified atom stereocenters. The highest BCUT2D eigenvalue weighted by molar-refractivity contribution is 6.17. The molecule has 0 N–H and O–H groups in total. The Bertz CT molecular complexity index is 287. The van der Waals surface area contributed by atoms with E-state index in [9.17, 15) is 0 Å². The minimum absolute atomic E-state index is 0.511. The molecule has 0 aliphatic rings. The molecule has 1 aromatic heterocycles. The molecular formula is C9H12ClN3. The molecule has 3 nitrogen and oxygen atoms in total. The van der Waals surface area contributed by atoms with Gasteiger partial charge < -0.3 is 0 Å². The molecule has 0 radical (unpaired) electrons. The fourth-order valence-electron chi connectivity index (χ4n) is 1.09. The molecule has 0 aromatic carbocycles. The zero-order chi connectivity index (χ0) is 9.52. The van der Waals surface area contributed by atoms with Crippen molar-refractivity contribution in [3.8, 4) is 6.07 Å². The average Bonchev–Trinajstić information content (AvgIpc) is 2.59.